The molecule has 7 atom stereocenters. The lowest BCUT2D eigenvalue weighted by Crippen LogP contribution is -2.34. The third-order valence-corrected chi connectivity index (χ3v) is 11.7. The molecule has 15 heteroatoms. The van der Waals surface area contributed by atoms with E-state index in [-0.39, 0.29) is 31.0 Å². The van der Waals surface area contributed by atoms with E-state index in [0.29, 0.717) is 32.1 Å². The zero-order chi connectivity index (χ0) is 45.1. The standard InChI is InChI=1S/C46H80NO13P/c1-3-5-7-8-9-10-11-12-13-14-15-16-17-18-19-20-25-29-44(51)57-34-38(35-58-61(55,56)59-36-41(47)46(53)54)60-45(52)30-26-22-21-24-28-39-40(43(50)33-42(39)49)32-31-37(48)27-23-6-4-2/h12-13,21,24,31-32,37-41,43,48,50H,3-11,14-20,22-23,25-30,33-36,47H2,1-2H3,(H,53,54)(H,55,56)/b13-12-,24-21-,32-31+/t37-,38+,39+,40+,41-,43+/m0/s1. The van der Waals surface area contributed by atoms with Crippen LogP contribution in [0, 0.1) is 11.8 Å². The Labute approximate surface area is 365 Å². The highest BCUT2D eigenvalue weighted by Gasteiger charge is 2.39. The first-order valence-corrected chi connectivity index (χ1v) is 24.6. The number of carbonyl (C=O) groups excluding carboxylic acids is 3. The molecule has 1 unspecified atom stereocenters. The van der Waals surface area contributed by atoms with Crippen LogP contribution in [-0.4, -0.2) is 88.1 Å². The predicted octanol–water partition coefficient (Wildman–Crippen LogP) is 8.98. The number of aliphatic hydroxyl groups is 2. The summed E-state index contributed by atoms with van der Waals surface area (Å²) in [6, 6.07) is -1.57. The number of hydrogen-bond acceptors (Lipinski definition) is 12. The lowest BCUT2D eigenvalue weighted by molar-refractivity contribution is -0.161. The van der Waals surface area contributed by atoms with Crippen molar-refractivity contribution in [2.75, 3.05) is 19.8 Å². The van der Waals surface area contributed by atoms with E-state index in [1.54, 1.807) is 12.2 Å². The molecule has 0 heterocycles. The van der Waals surface area contributed by atoms with E-state index in [1.165, 1.54) is 57.8 Å². The second-order valence-electron chi connectivity index (χ2n) is 16.3. The fourth-order valence-corrected chi connectivity index (χ4v) is 7.76. The van der Waals surface area contributed by atoms with Gasteiger partial charge in [-0.2, -0.15) is 0 Å². The highest BCUT2D eigenvalue weighted by molar-refractivity contribution is 7.47. The molecule has 1 saturated carbocycles. The minimum absolute atomic E-state index is 0.0339. The van der Waals surface area contributed by atoms with E-state index in [4.69, 9.17) is 24.8 Å². The number of Topliss-reactive ketones (excluding diaryl/α,β-unsaturated/α-hetero) is 1. The highest BCUT2D eigenvalue weighted by atomic mass is 31.2. The molecule has 14 nitrogen and oxygen atoms in total. The molecule has 6 N–H and O–H groups in total. The molecule has 0 aromatic rings. The summed E-state index contributed by atoms with van der Waals surface area (Å²) < 4.78 is 32.7. The van der Waals surface area contributed by atoms with Gasteiger partial charge in [-0.25, -0.2) is 4.57 Å². The third-order valence-electron chi connectivity index (χ3n) is 10.7. The Morgan fingerprint density at radius 3 is 1.93 bits per heavy atom. The number of carboxylic acids is 1. The van der Waals surface area contributed by atoms with Gasteiger partial charge in [-0.1, -0.05) is 134 Å². The second-order valence-corrected chi connectivity index (χ2v) is 17.8. The normalized spacial score (nSPS) is 19.4. The van der Waals surface area contributed by atoms with Crippen molar-refractivity contribution in [1.29, 1.82) is 0 Å². The number of esters is 2. The van der Waals surface area contributed by atoms with Gasteiger partial charge >= 0.3 is 25.7 Å². The van der Waals surface area contributed by atoms with Gasteiger partial charge in [0.25, 0.3) is 0 Å². The molecular formula is C46H80NO13P. The number of carbonyl (C=O) groups is 4. The number of rotatable bonds is 39. The molecule has 0 aromatic heterocycles. The highest BCUT2D eigenvalue weighted by Crippen LogP contribution is 2.43. The topological polar surface area (TPSA) is 229 Å². The Kier molecular flexibility index (Phi) is 33.0. The predicted molar refractivity (Wildman–Crippen MR) is 236 cm³/mol. The molecule has 1 aliphatic rings. The summed E-state index contributed by atoms with van der Waals surface area (Å²) in [5, 5.41) is 29.6. The number of aliphatic carboxylic acids is 1. The number of ketones is 1. The molecule has 0 aromatic carbocycles. The van der Waals surface area contributed by atoms with Crippen molar-refractivity contribution in [3.63, 3.8) is 0 Å². The molecule has 1 fully saturated rings. The monoisotopic (exact) mass is 886 g/mol. The number of allylic oxidation sites excluding steroid dienone is 4. The number of aliphatic hydroxyl groups excluding tert-OH is 2. The van der Waals surface area contributed by atoms with Gasteiger partial charge in [-0.05, 0) is 57.8 Å². The van der Waals surface area contributed by atoms with Gasteiger partial charge in [0, 0.05) is 31.1 Å². The first-order chi connectivity index (χ1) is 29.3. The lowest BCUT2D eigenvalue weighted by Gasteiger charge is -2.20. The van der Waals surface area contributed by atoms with Crippen molar-refractivity contribution in [2.45, 2.75) is 199 Å². The van der Waals surface area contributed by atoms with E-state index in [9.17, 15) is 38.8 Å². The largest absolute Gasteiger partial charge is 0.480 e. The molecule has 0 saturated heterocycles. The van der Waals surface area contributed by atoms with E-state index in [2.05, 4.69) is 30.5 Å². The van der Waals surface area contributed by atoms with E-state index >= 15 is 0 Å². The van der Waals surface area contributed by atoms with Crippen molar-refractivity contribution < 1.29 is 62.5 Å². The summed E-state index contributed by atoms with van der Waals surface area (Å²) in [6.07, 6.45) is 31.4. The van der Waals surface area contributed by atoms with Crippen LogP contribution in [0.25, 0.3) is 0 Å². The van der Waals surface area contributed by atoms with Crippen LogP contribution in [0.4, 0.5) is 0 Å². The molecule has 61 heavy (non-hydrogen) atoms. The van der Waals surface area contributed by atoms with Gasteiger partial charge in [0.2, 0.25) is 0 Å². The zero-order valence-electron chi connectivity index (χ0n) is 37.2. The van der Waals surface area contributed by atoms with E-state index in [0.717, 1.165) is 51.4 Å². The van der Waals surface area contributed by atoms with Crippen molar-refractivity contribution in [3.05, 3.63) is 36.5 Å². The summed E-state index contributed by atoms with van der Waals surface area (Å²) in [5.41, 5.74) is 5.33. The Balaban J connectivity index is 2.48. The number of nitrogens with two attached hydrogens (primary N) is 1. The van der Waals surface area contributed by atoms with Crippen LogP contribution in [0.15, 0.2) is 36.5 Å². The minimum atomic E-state index is -4.79. The SMILES string of the molecule is CCCCCCCC/C=C\CCCCCCCCCC(=O)OC[C@H](COP(=O)(O)OC[C@H](N)C(=O)O)OC(=O)CCC/C=C\C[C@H]1C(=O)C[C@@H](O)[C@@H]1/C=C/[C@@H](O)CCCCC. The Hall–Kier alpha value is -2.71. The average molecular weight is 886 g/mol. The van der Waals surface area contributed by atoms with Crippen molar-refractivity contribution >= 4 is 31.5 Å². The summed E-state index contributed by atoms with van der Waals surface area (Å²) in [4.78, 5) is 58.8. The summed E-state index contributed by atoms with van der Waals surface area (Å²) in [6.45, 7) is 2.42. The van der Waals surface area contributed by atoms with Gasteiger partial charge in [-0.3, -0.25) is 28.2 Å². The maximum atomic E-state index is 12.7. The first-order valence-electron chi connectivity index (χ1n) is 23.1. The summed E-state index contributed by atoms with van der Waals surface area (Å²) >= 11 is 0. The van der Waals surface area contributed by atoms with Crippen LogP contribution in [0.1, 0.15) is 174 Å². The molecule has 352 valence electrons. The fourth-order valence-electron chi connectivity index (χ4n) is 6.98. The minimum Gasteiger partial charge on any atom is -0.480 e. The van der Waals surface area contributed by atoms with Crippen LogP contribution in [0.2, 0.25) is 0 Å². The maximum absolute atomic E-state index is 12.7. The van der Waals surface area contributed by atoms with Gasteiger partial charge < -0.3 is 35.4 Å². The van der Waals surface area contributed by atoms with Crippen molar-refractivity contribution in [3.8, 4) is 0 Å². The molecule has 0 bridgehead atoms. The maximum Gasteiger partial charge on any atom is 0.472 e. The van der Waals surface area contributed by atoms with E-state index < -0.39 is 75.8 Å². The van der Waals surface area contributed by atoms with Gasteiger partial charge in [-0.15, -0.1) is 0 Å². The van der Waals surface area contributed by atoms with Crippen LogP contribution in [0.5, 0.6) is 0 Å². The second kappa shape index (κ2) is 35.7. The Morgan fingerprint density at radius 2 is 1.30 bits per heavy atom. The third kappa shape index (κ3) is 30.1. The number of phosphoric ester groups is 1. The summed E-state index contributed by atoms with van der Waals surface area (Å²) in [5.74, 6) is -3.44. The molecule has 1 rings (SSSR count). The molecule has 1 aliphatic carbocycles. The molecular weight excluding hydrogens is 805 g/mol. The van der Waals surface area contributed by atoms with E-state index in [1.807, 2.05) is 12.2 Å². The van der Waals surface area contributed by atoms with Gasteiger partial charge in [0.05, 0.1) is 25.4 Å². The van der Waals surface area contributed by atoms with Crippen molar-refractivity contribution in [2.24, 2.45) is 17.6 Å². The zero-order valence-corrected chi connectivity index (χ0v) is 38.1. The van der Waals surface area contributed by atoms with Crippen LogP contribution < -0.4 is 5.73 Å². The first kappa shape index (κ1) is 56.3. The number of unbranched alkanes of at least 4 members (excludes halogenated alkanes) is 16. The smallest absolute Gasteiger partial charge is 0.472 e. The number of hydrogen-bond donors (Lipinski definition) is 5. The van der Waals surface area contributed by atoms with Crippen molar-refractivity contribution in [1.82, 2.24) is 0 Å². The average Bonchev–Trinajstić information content (AvgIpc) is 3.49. The number of phosphoric acid groups is 1. The number of carboxylic acid groups (broad SMARTS) is 1. The van der Waals surface area contributed by atoms with Crippen LogP contribution >= 0.6 is 7.82 Å². The molecule has 0 spiro atoms. The van der Waals surface area contributed by atoms with Crippen LogP contribution in [0.3, 0.4) is 0 Å². The molecule has 0 radical (unpaired) electrons. The van der Waals surface area contributed by atoms with Crippen LogP contribution in [-0.2, 0) is 42.3 Å². The summed E-state index contributed by atoms with van der Waals surface area (Å²) in [7, 11) is -4.79. The fraction of sp³-hybridized carbons (Fsp3) is 0.783. The number of ether oxygens (including phenoxy) is 2. The van der Waals surface area contributed by atoms with Gasteiger partial charge in [0.15, 0.2) is 6.10 Å². The lowest BCUT2D eigenvalue weighted by atomic mass is 9.90. The molecule has 0 amide bonds. The van der Waals surface area contributed by atoms with Gasteiger partial charge in [0.1, 0.15) is 18.4 Å². The Bertz CT molecular complexity index is 1340. The Morgan fingerprint density at radius 1 is 0.754 bits per heavy atom. The molecule has 0 aliphatic heterocycles. The quantitative estimate of drug-likeness (QED) is 0.0168.